The summed E-state index contributed by atoms with van der Waals surface area (Å²) in [7, 11) is 0. The van der Waals surface area contributed by atoms with Crippen LogP contribution in [-0.2, 0) is 9.47 Å². The first kappa shape index (κ1) is 23.5. The van der Waals surface area contributed by atoms with Crippen molar-refractivity contribution in [2.24, 2.45) is 0 Å². The van der Waals surface area contributed by atoms with Crippen molar-refractivity contribution in [3.05, 3.63) is 106 Å². The van der Waals surface area contributed by atoms with Crippen molar-refractivity contribution in [2.45, 2.75) is 0 Å². The number of esters is 4. The van der Waals surface area contributed by atoms with Crippen LogP contribution in [0.15, 0.2) is 72.8 Å². The zero-order valence-corrected chi connectivity index (χ0v) is 17.1. The third kappa shape index (κ3) is 5.37. The Bertz CT molecular complexity index is 1240. The summed E-state index contributed by atoms with van der Waals surface area (Å²) in [5, 5.41) is 17.7. The molecular weight excluding hydrogens is 448 g/mol. The Morgan fingerprint density at radius 2 is 0.971 bits per heavy atom. The van der Waals surface area contributed by atoms with Crippen LogP contribution in [0.2, 0.25) is 0 Å². The number of rotatable bonds is 4. The number of aromatic carboxylic acids is 2. The summed E-state index contributed by atoms with van der Waals surface area (Å²) in [6, 6.07) is 16.5. The predicted octanol–water partition coefficient (Wildman–Crippen LogP) is 3.08. The zero-order chi connectivity index (χ0) is 24.8. The highest BCUT2D eigenvalue weighted by Crippen LogP contribution is 2.18. The summed E-state index contributed by atoms with van der Waals surface area (Å²) in [6.07, 6.45) is 0. The van der Waals surface area contributed by atoms with Gasteiger partial charge in [-0.15, -0.1) is 0 Å². The molecule has 1 aliphatic rings. The van der Waals surface area contributed by atoms with Crippen LogP contribution < -0.4 is 0 Å². The number of fused-ring (bicyclic) bond motifs is 1. The van der Waals surface area contributed by atoms with Crippen LogP contribution in [0, 0.1) is 0 Å². The van der Waals surface area contributed by atoms with Gasteiger partial charge in [-0.05, 0) is 48.5 Å². The molecule has 2 N–H and O–H groups in total. The Morgan fingerprint density at radius 1 is 0.588 bits per heavy atom. The van der Waals surface area contributed by atoms with Gasteiger partial charge in [0.1, 0.15) is 0 Å². The van der Waals surface area contributed by atoms with Crippen LogP contribution in [0.25, 0.3) is 0 Å². The van der Waals surface area contributed by atoms with Gasteiger partial charge in [-0.2, -0.15) is 0 Å². The molecule has 34 heavy (non-hydrogen) atoms. The third-order valence-electron chi connectivity index (χ3n) is 4.43. The van der Waals surface area contributed by atoms with Crippen molar-refractivity contribution in [3.8, 4) is 0 Å². The molecule has 0 amide bonds. The van der Waals surface area contributed by atoms with Gasteiger partial charge in [-0.25, -0.2) is 28.8 Å². The lowest BCUT2D eigenvalue weighted by molar-refractivity contribution is 0.0391. The van der Waals surface area contributed by atoms with Gasteiger partial charge in [-0.3, -0.25) is 0 Å². The summed E-state index contributed by atoms with van der Waals surface area (Å²) < 4.78 is 8.98. The van der Waals surface area contributed by atoms with E-state index in [2.05, 4.69) is 9.47 Å². The highest BCUT2D eigenvalue weighted by molar-refractivity contribution is 6.14. The average Bonchev–Trinajstić information content (AvgIpc) is 3.13. The topological polar surface area (TPSA) is 161 Å². The smallest absolute Gasteiger partial charge is 0.346 e. The molecule has 0 spiro atoms. The fraction of sp³-hybridized carbons (Fsp3) is 0. The van der Waals surface area contributed by atoms with Crippen LogP contribution in [0.4, 0.5) is 0 Å². The van der Waals surface area contributed by atoms with Gasteiger partial charge in [0, 0.05) is 0 Å². The first-order valence-electron chi connectivity index (χ1n) is 9.46. The minimum atomic E-state index is -1.22. The lowest BCUT2D eigenvalue weighted by atomic mass is 10.1. The van der Waals surface area contributed by atoms with Crippen LogP contribution in [-0.4, -0.2) is 46.0 Å². The maximum atomic E-state index is 11.9. The highest BCUT2D eigenvalue weighted by atomic mass is 16.6. The number of cyclic esters (lactones) is 2. The van der Waals surface area contributed by atoms with Crippen molar-refractivity contribution >= 4 is 35.8 Å². The van der Waals surface area contributed by atoms with E-state index in [0.717, 1.165) is 12.1 Å². The molecule has 0 unspecified atom stereocenters. The minimum absolute atomic E-state index is 0.104. The second-order valence-corrected chi connectivity index (χ2v) is 6.67. The van der Waals surface area contributed by atoms with E-state index in [1.165, 1.54) is 36.4 Å². The summed E-state index contributed by atoms with van der Waals surface area (Å²) in [5.41, 5.74) is 0.259. The van der Waals surface area contributed by atoms with E-state index in [9.17, 15) is 28.8 Å². The molecule has 0 atom stereocenters. The zero-order valence-electron chi connectivity index (χ0n) is 17.1. The van der Waals surface area contributed by atoms with E-state index in [-0.39, 0.29) is 22.3 Å². The maximum absolute atomic E-state index is 11.9. The van der Waals surface area contributed by atoms with Gasteiger partial charge >= 0.3 is 35.8 Å². The third-order valence-corrected chi connectivity index (χ3v) is 4.43. The number of carboxylic acids is 2. The van der Waals surface area contributed by atoms with Gasteiger partial charge < -0.3 is 19.7 Å². The molecular formula is C24H14O10. The van der Waals surface area contributed by atoms with Crippen molar-refractivity contribution in [2.75, 3.05) is 0 Å². The molecule has 170 valence electrons. The largest absolute Gasteiger partial charge is 0.478 e. The fourth-order valence-electron chi connectivity index (χ4n) is 2.79. The quantitative estimate of drug-likeness (QED) is 0.435. The number of hydrogen-bond donors (Lipinski definition) is 2. The van der Waals surface area contributed by atoms with Gasteiger partial charge in [0.25, 0.3) is 0 Å². The van der Waals surface area contributed by atoms with E-state index in [4.69, 9.17) is 10.2 Å². The molecule has 3 aromatic carbocycles. The van der Waals surface area contributed by atoms with Crippen molar-refractivity contribution in [1.82, 2.24) is 0 Å². The molecule has 4 rings (SSSR count). The molecule has 0 saturated carbocycles. The van der Waals surface area contributed by atoms with Crippen LogP contribution in [0.1, 0.15) is 62.1 Å². The average molecular weight is 462 g/mol. The van der Waals surface area contributed by atoms with Gasteiger partial charge in [-0.1, -0.05) is 24.3 Å². The summed E-state index contributed by atoms with van der Waals surface area (Å²) in [4.78, 5) is 67.1. The molecule has 0 aliphatic carbocycles. The minimum Gasteiger partial charge on any atom is -0.478 e. The summed E-state index contributed by atoms with van der Waals surface area (Å²) >= 11 is 0. The molecule has 0 saturated heterocycles. The standard InChI is InChI=1S/C16H10O7.C8H4O3/c17-13(18)9-3-1-5-11(7-9)15(21)23-16(22)12-6-2-4-10(8-12)14(19)20;9-7-5-3-1-2-4-6(5)8(10)11-7/h1-8H,(H,17,18)(H,19,20);1-4H. The Morgan fingerprint density at radius 3 is 1.35 bits per heavy atom. The molecule has 10 nitrogen and oxygen atoms in total. The SMILES string of the molecule is O=C(O)c1cccc(C(=O)OC(=O)c2cccc(C(=O)O)c2)c1.O=C1OC(=O)c2ccccc21. The number of carbonyl (C=O) groups excluding carboxylic acids is 4. The lowest BCUT2D eigenvalue weighted by Gasteiger charge is -2.04. The Labute approximate surface area is 191 Å². The van der Waals surface area contributed by atoms with E-state index in [0.29, 0.717) is 11.1 Å². The number of hydrogen-bond acceptors (Lipinski definition) is 8. The second-order valence-electron chi connectivity index (χ2n) is 6.67. The van der Waals surface area contributed by atoms with Crippen LogP contribution >= 0.6 is 0 Å². The second kappa shape index (κ2) is 10.0. The Hall–Kier alpha value is -5.12. The lowest BCUT2D eigenvalue weighted by Crippen LogP contribution is -2.14. The van der Waals surface area contributed by atoms with E-state index >= 15 is 0 Å². The molecule has 1 aliphatic heterocycles. The first-order chi connectivity index (χ1) is 16.2. The monoisotopic (exact) mass is 462 g/mol. The van der Waals surface area contributed by atoms with Gasteiger partial charge in [0.15, 0.2) is 0 Å². The van der Waals surface area contributed by atoms with Gasteiger partial charge in [0.05, 0.1) is 33.4 Å². The highest BCUT2D eigenvalue weighted by Gasteiger charge is 2.28. The summed E-state index contributed by atoms with van der Waals surface area (Å²) in [6.45, 7) is 0. The van der Waals surface area contributed by atoms with Gasteiger partial charge in [0.2, 0.25) is 0 Å². The Kier molecular flexibility index (Phi) is 6.92. The van der Waals surface area contributed by atoms with E-state index < -0.39 is 35.8 Å². The van der Waals surface area contributed by atoms with Crippen LogP contribution in [0.5, 0.6) is 0 Å². The van der Waals surface area contributed by atoms with Crippen molar-refractivity contribution in [3.63, 3.8) is 0 Å². The molecule has 0 bridgehead atoms. The molecule has 1 heterocycles. The number of carboxylic acid groups (broad SMARTS) is 2. The van der Waals surface area contributed by atoms with Crippen molar-refractivity contribution < 1.29 is 48.5 Å². The number of carbonyl (C=O) groups is 6. The molecule has 0 radical (unpaired) electrons. The molecule has 0 fully saturated rings. The predicted molar refractivity (Wildman–Crippen MR) is 113 cm³/mol. The van der Waals surface area contributed by atoms with Crippen molar-refractivity contribution in [1.29, 1.82) is 0 Å². The summed E-state index contributed by atoms with van der Waals surface area (Å²) in [5.74, 6) is -5.60. The number of ether oxygens (including phenoxy) is 2. The fourth-order valence-corrected chi connectivity index (χ4v) is 2.79. The maximum Gasteiger partial charge on any atom is 0.346 e. The normalized spacial score (nSPS) is 11.4. The number of benzene rings is 3. The van der Waals surface area contributed by atoms with Crippen LogP contribution in [0.3, 0.4) is 0 Å². The first-order valence-corrected chi connectivity index (χ1v) is 9.46. The molecule has 3 aromatic rings. The Balaban J connectivity index is 0.000000243. The van der Waals surface area contributed by atoms with E-state index in [1.54, 1.807) is 24.3 Å². The molecule has 0 aromatic heterocycles. The molecule has 10 heteroatoms. The van der Waals surface area contributed by atoms with E-state index in [1.807, 2.05) is 0 Å².